The molecule has 4 nitrogen and oxygen atoms in total. The summed E-state index contributed by atoms with van der Waals surface area (Å²) in [6.07, 6.45) is 3.50. The summed E-state index contributed by atoms with van der Waals surface area (Å²) in [7, 11) is 1.88. The van der Waals surface area contributed by atoms with Gasteiger partial charge in [0.1, 0.15) is 10.6 Å². The normalized spacial score (nSPS) is 12.6. The highest BCUT2D eigenvalue weighted by Gasteiger charge is 2.19. The topological polar surface area (TPSA) is 41.1 Å². The lowest BCUT2D eigenvalue weighted by molar-refractivity contribution is 0.591. The van der Waals surface area contributed by atoms with Crippen molar-refractivity contribution in [3.05, 3.63) is 10.9 Å². The third kappa shape index (κ3) is 3.46. The van der Waals surface area contributed by atoms with Crippen LogP contribution in [0.3, 0.4) is 0 Å². The number of aromatic nitrogens is 2. The summed E-state index contributed by atoms with van der Waals surface area (Å²) < 4.78 is 0. The van der Waals surface area contributed by atoms with Crippen molar-refractivity contribution >= 4 is 33.3 Å². The van der Waals surface area contributed by atoms with Gasteiger partial charge in [0.25, 0.3) is 0 Å². The summed E-state index contributed by atoms with van der Waals surface area (Å²) in [4.78, 5) is 14.2. The monoisotopic (exact) mass is 306 g/mol. The van der Waals surface area contributed by atoms with E-state index >= 15 is 0 Å². The highest BCUT2D eigenvalue weighted by Crippen LogP contribution is 2.33. The van der Waals surface area contributed by atoms with E-state index in [0.29, 0.717) is 12.0 Å². The number of hydrogen-bond acceptors (Lipinski definition) is 5. The zero-order chi connectivity index (χ0) is 15.4. The molecule has 5 heteroatoms. The Hall–Kier alpha value is -1.36. The van der Waals surface area contributed by atoms with Crippen molar-refractivity contribution in [2.24, 2.45) is 0 Å². The second-order valence-electron chi connectivity index (χ2n) is 5.50. The predicted molar refractivity (Wildman–Crippen MR) is 93.7 cm³/mol. The molecule has 2 rings (SSSR count). The molecule has 2 aromatic heterocycles. The Bertz CT molecular complexity index is 593. The average Bonchev–Trinajstić information content (AvgIpc) is 2.86. The van der Waals surface area contributed by atoms with Crippen LogP contribution in [-0.2, 0) is 0 Å². The fraction of sp³-hybridized carbons (Fsp3) is 0.625. The van der Waals surface area contributed by atoms with Crippen molar-refractivity contribution in [1.82, 2.24) is 9.97 Å². The molecule has 116 valence electrons. The van der Waals surface area contributed by atoms with E-state index in [1.807, 2.05) is 7.05 Å². The molecule has 1 N–H and O–H groups in total. The molecule has 0 aliphatic heterocycles. The minimum absolute atomic E-state index is 0.486. The van der Waals surface area contributed by atoms with Gasteiger partial charge in [0.15, 0.2) is 0 Å². The quantitative estimate of drug-likeness (QED) is 0.820. The van der Waals surface area contributed by atoms with Gasteiger partial charge >= 0.3 is 0 Å². The number of fused-ring (bicyclic) bond motifs is 1. The van der Waals surface area contributed by atoms with Crippen molar-refractivity contribution < 1.29 is 0 Å². The Morgan fingerprint density at radius 2 is 2.10 bits per heavy atom. The zero-order valence-corrected chi connectivity index (χ0v) is 14.5. The predicted octanol–water partition coefficient (Wildman–Crippen LogP) is 4.45. The second-order valence-corrected chi connectivity index (χ2v) is 6.74. The third-order valence-electron chi connectivity index (χ3n) is 3.87. The van der Waals surface area contributed by atoms with E-state index in [0.717, 1.165) is 23.6 Å². The van der Waals surface area contributed by atoms with E-state index in [1.165, 1.54) is 23.1 Å². The van der Waals surface area contributed by atoms with Crippen LogP contribution in [0.2, 0.25) is 0 Å². The zero-order valence-electron chi connectivity index (χ0n) is 13.7. The van der Waals surface area contributed by atoms with Crippen LogP contribution >= 0.6 is 11.3 Å². The maximum absolute atomic E-state index is 4.77. The van der Waals surface area contributed by atoms with E-state index in [2.05, 4.69) is 49.0 Å². The molecule has 0 aliphatic rings. The van der Waals surface area contributed by atoms with E-state index < -0.39 is 0 Å². The maximum Gasteiger partial charge on any atom is 0.225 e. The summed E-state index contributed by atoms with van der Waals surface area (Å²) in [6, 6.07) is 2.70. The van der Waals surface area contributed by atoms with Gasteiger partial charge in [-0.15, -0.1) is 11.3 Å². The molecule has 2 aromatic rings. The van der Waals surface area contributed by atoms with Gasteiger partial charge in [0, 0.05) is 24.5 Å². The molecule has 0 spiro atoms. The fourth-order valence-corrected chi connectivity index (χ4v) is 3.32. The van der Waals surface area contributed by atoms with Crippen molar-refractivity contribution in [2.75, 3.05) is 23.8 Å². The van der Waals surface area contributed by atoms with E-state index in [9.17, 15) is 0 Å². The second kappa shape index (κ2) is 7.07. The molecular formula is C16H26N4S. The molecule has 1 atom stereocenters. The van der Waals surface area contributed by atoms with Gasteiger partial charge in [-0.05, 0) is 32.8 Å². The Morgan fingerprint density at radius 3 is 2.71 bits per heavy atom. The number of anilines is 2. The molecule has 0 aliphatic carbocycles. The smallest absolute Gasteiger partial charge is 0.225 e. The van der Waals surface area contributed by atoms with Crippen molar-refractivity contribution in [1.29, 1.82) is 0 Å². The number of unbranched alkanes of at least 4 members (excludes halogenated alkanes) is 1. The van der Waals surface area contributed by atoms with Crippen LogP contribution in [0.4, 0.5) is 11.8 Å². The minimum atomic E-state index is 0.486. The van der Waals surface area contributed by atoms with Crippen LogP contribution in [0.5, 0.6) is 0 Å². The number of nitrogens with one attached hydrogen (secondary N) is 1. The molecule has 0 saturated carbocycles. The Balaban J connectivity index is 2.53. The van der Waals surface area contributed by atoms with Gasteiger partial charge in [-0.3, -0.25) is 0 Å². The van der Waals surface area contributed by atoms with Crippen LogP contribution in [0, 0.1) is 6.92 Å². The number of hydrogen-bond donors (Lipinski definition) is 1. The van der Waals surface area contributed by atoms with E-state index in [-0.39, 0.29) is 0 Å². The molecule has 1 unspecified atom stereocenters. The Kier molecular flexibility index (Phi) is 5.39. The number of thiophene rings is 1. The first-order chi connectivity index (χ1) is 10.1. The summed E-state index contributed by atoms with van der Waals surface area (Å²) >= 11 is 1.74. The summed E-state index contributed by atoms with van der Waals surface area (Å²) in [6.45, 7) is 9.93. The molecule has 0 saturated heterocycles. The highest BCUT2D eigenvalue weighted by molar-refractivity contribution is 7.18. The molecular weight excluding hydrogens is 280 g/mol. The Labute approximate surface area is 131 Å². The molecule has 2 heterocycles. The van der Waals surface area contributed by atoms with Gasteiger partial charge in [-0.2, -0.15) is 4.98 Å². The summed E-state index contributed by atoms with van der Waals surface area (Å²) in [5, 5.41) is 4.28. The third-order valence-corrected chi connectivity index (χ3v) is 4.81. The number of rotatable bonds is 7. The first-order valence-corrected chi connectivity index (χ1v) is 8.64. The summed E-state index contributed by atoms with van der Waals surface area (Å²) in [5.74, 6) is 1.79. The first kappa shape index (κ1) is 16.0. The van der Waals surface area contributed by atoms with Gasteiger partial charge < -0.3 is 10.2 Å². The molecule has 0 bridgehead atoms. The van der Waals surface area contributed by atoms with Gasteiger partial charge in [-0.1, -0.05) is 20.3 Å². The van der Waals surface area contributed by atoms with E-state index in [4.69, 9.17) is 4.98 Å². The van der Waals surface area contributed by atoms with Crippen molar-refractivity contribution in [2.45, 2.75) is 53.0 Å². The lowest BCUT2D eigenvalue weighted by Crippen LogP contribution is -2.34. The van der Waals surface area contributed by atoms with Gasteiger partial charge in [0.2, 0.25) is 5.95 Å². The SMILES string of the molecule is CCCCN(c1nc(NC)nc2sc(C)cc12)C(C)CC. The molecule has 0 fully saturated rings. The maximum atomic E-state index is 4.77. The van der Waals surface area contributed by atoms with Gasteiger partial charge in [-0.25, -0.2) is 4.98 Å². The molecule has 0 aromatic carbocycles. The number of nitrogens with zero attached hydrogens (tertiary/aromatic N) is 3. The largest absolute Gasteiger partial charge is 0.357 e. The highest BCUT2D eigenvalue weighted by atomic mass is 32.1. The van der Waals surface area contributed by atoms with Crippen LogP contribution in [-0.4, -0.2) is 29.6 Å². The van der Waals surface area contributed by atoms with Crippen LogP contribution < -0.4 is 10.2 Å². The fourth-order valence-electron chi connectivity index (χ4n) is 2.44. The Morgan fingerprint density at radius 1 is 1.33 bits per heavy atom. The standard InChI is InChI=1S/C16H26N4S/c1-6-8-9-20(11(3)7-2)14-13-10-12(4)21-15(13)19-16(17-5)18-14/h10-11H,6-9H2,1-5H3,(H,17,18,19). The lowest BCUT2D eigenvalue weighted by Gasteiger charge is -2.30. The lowest BCUT2D eigenvalue weighted by atomic mass is 10.2. The van der Waals surface area contributed by atoms with Gasteiger partial charge in [0.05, 0.1) is 5.39 Å². The van der Waals surface area contributed by atoms with E-state index in [1.54, 1.807) is 11.3 Å². The molecule has 0 radical (unpaired) electrons. The van der Waals surface area contributed by atoms with Crippen molar-refractivity contribution in [3.63, 3.8) is 0 Å². The van der Waals surface area contributed by atoms with Crippen LogP contribution in [0.1, 0.15) is 44.9 Å². The van der Waals surface area contributed by atoms with Crippen molar-refractivity contribution in [3.8, 4) is 0 Å². The average molecular weight is 306 g/mol. The number of aryl methyl sites for hydroxylation is 1. The molecule has 21 heavy (non-hydrogen) atoms. The first-order valence-electron chi connectivity index (χ1n) is 7.83. The summed E-state index contributed by atoms with van der Waals surface area (Å²) in [5.41, 5.74) is 0. The molecule has 0 amide bonds. The minimum Gasteiger partial charge on any atom is -0.357 e. The van der Waals surface area contributed by atoms with Crippen LogP contribution in [0.25, 0.3) is 10.2 Å². The van der Waals surface area contributed by atoms with Crippen LogP contribution in [0.15, 0.2) is 6.07 Å².